The zero-order valence-electron chi connectivity index (χ0n) is 15.9. The predicted octanol–water partition coefficient (Wildman–Crippen LogP) is 3.43. The Morgan fingerprint density at radius 3 is 2.30 bits per heavy atom. The second-order valence-corrected chi connectivity index (χ2v) is 6.92. The molecule has 0 bridgehead atoms. The van der Waals surface area contributed by atoms with Gasteiger partial charge in [-0.05, 0) is 37.2 Å². The second-order valence-electron chi connectivity index (χ2n) is 6.92. The van der Waals surface area contributed by atoms with Crippen molar-refractivity contribution in [2.75, 3.05) is 42.9 Å². The summed E-state index contributed by atoms with van der Waals surface area (Å²) in [6.07, 6.45) is 1.33. The lowest BCUT2D eigenvalue weighted by atomic mass is 10.0. The molecule has 1 fully saturated rings. The first-order valence-corrected chi connectivity index (χ1v) is 9.55. The number of nitrogens with zero attached hydrogens (tertiary/aromatic N) is 2. The molecule has 142 valence electrons. The summed E-state index contributed by atoms with van der Waals surface area (Å²) in [5.41, 5.74) is 2.48. The SMILES string of the molecule is CC(=O)Nc1ccccc1C(=O)CCCN1CCN(c2ccccc2)CC1. The maximum atomic E-state index is 12.5. The van der Waals surface area contributed by atoms with Crippen molar-refractivity contribution >= 4 is 23.1 Å². The molecule has 0 atom stereocenters. The van der Waals surface area contributed by atoms with Gasteiger partial charge < -0.3 is 10.2 Å². The van der Waals surface area contributed by atoms with Crippen LogP contribution in [0, 0.1) is 0 Å². The minimum atomic E-state index is -0.161. The number of carbonyl (C=O) groups excluding carboxylic acids is 2. The van der Waals surface area contributed by atoms with E-state index < -0.39 is 0 Å². The molecule has 0 aromatic heterocycles. The standard InChI is InChI=1S/C22H27N3O2/c1-18(26)23-21-11-6-5-10-20(21)22(27)12-7-13-24-14-16-25(17-15-24)19-8-3-2-4-9-19/h2-6,8-11H,7,12-17H2,1H3,(H,23,26). The molecular weight excluding hydrogens is 338 g/mol. The van der Waals surface area contributed by atoms with Crippen LogP contribution < -0.4 is 10.2 Å². The number of benzene rings is 2. The number of nitrogens with one attached hydrogen (secondary N) is 1. The summed E-state index contributed by atoms with van der Waals surface area (Å²) in [6, 6.07) is 17.7. The van der Waals surface area contributed by atoms with Crippen LogP contribution in [0.25, 0.3) is 0 Å². The van der Waals surface area contributed by atoms with Crippen molar-refractivity contribution in [2.24, 2.45) is 0 Å². The number of hydrogen-bond acceptors (Lipinski definition) is 4. The molecule has 1 heterocycles. The van der Waals surface area contributed by atoms with Gasteiger partial charge >= 0.3 is 0 Å². The molecule has 5 heteroatoms. The smallest absolute Gasteiger partial charge is 0.221 e. The van der Waals surface area contributed by atoms with Gasteiger partial charge in [0.1, 0.15) is 0 Å². The van der Waals surface area contributed by atoms with Crippen LogP contribution in [0.1, 0.15) is 30.1 Å². The van der Waals surface area contributed by atoms with Gasteiger partial charge in [0.2, 0.25) is 5.91 Å². The minimum Gasteiger partial charge on any atom is -0.369 e. The van der Waals surface area contributed by atoms with E-state index in [1.165, 1.54) is 12.6 Å². The fourth-order valence-corrected chi connectivity index (χ4v) is 3.49. The van der Waals surface area contributed by atoms with Gasteiger partial charge in [0.15, 0.2) is 5.78 Å². The third-order valence-corrected chi connectivity index (χ3v) is 4.91. The van der Waals surface area contributed by atoms with Crippen molar-refractivity contribution in [3.8, 4) is 0 Å². The number of para-hydroxylation sites is 2. The summed E-state index contributed by atoms with van der Waals surface area (Å²) < 4.78 is 0. The van der Waals surface area contributed by atoms with E-state index in [-0.39, 0.29) is 11.7 Å². The van der Waals surface area contributed by atoms with Crippen molar-refractivity contribution in [1.29, 1.82) is 0 Å². The van der Waals surface area contributed by atoms with E-state index in [1.807, 2.05) is 18.2 Å². The Bertz CT molecular complexity index is 768. The normalized spacial score (nSPS) is 14.8. The van der Waals surface area contributed by atoms with Gasteiger partial charge in [-0.1, -0.05) is 30.3 Å². The molecule has 2 aromatic rings. The summed E-state index contributed by atoms with van der Waals surface area (Å²) in [5.74, 6) is -0.0752. The lowest BCUT2D eigenvalue weighted by molar-refractivity contribution is -0.114. The molecule has 0 spiro atoms. The molecule has 0 radical (unpaired) electrons. The molecule has 0 saturated carbocycles. The Kier molecular flexibility index (Phi) is 6.60. The molecule has 1 N–H and O–H groups in total. The molecular formula is C22H27N3O2. The minimum absolute atomic E-state index is 0.0854. The zero-order valence-corrected chi connectivity index (χ0v) is 15.9. The van der Waals surface area contributed by atoms with Gasteiger partial charge in [-0.25, -0.2) is 0 Å². The summed E-state index contributed by atoms with van der Waals surface area (Å²) in [6.45, 7) is 6.46. The van der Waals surface area contributed by atoms with E-state index >= 15 is 0 Å². The van der Waals surface area contributed by atoms with Gasteiger partial charge in [-0.2, -0.15) is 0 Å². The van der Waals surface area contributed by atoms with Gasteiger partial charge in [-0.3, -0.25) is 14.5 Å². The summed E-state index contributed by atoms with van der Waals surface area (Å²) >= 11 is 0. The molecule has 3 rings (SSSR count). The van der Waals surface area contributed by atoms with E-state index in [0.717, 1.165) is 39.1 Å². The average molecular weight is 365 g/mol. The van der Waals surface area contributed by atoms with Crippen molar-refractivity contribution < 1.29 is 9.59 Å². The van der Waals surface area contributed by atoms with Crippen LogP contribution in [0.3, 0.4) is 0 Å². The van der Waals surface area contributed by atoms with E-state index in [2.05, 4.69) is 39.4 Å². The first kappa shape index (κ1) is 19.1. The number of Topliss-reactive ketones (excluding diaryl/α,β-unsaturated/α-hetero) is 1. The van der Waals surface area contributed by atoms with Crippen LogP contribution in [-0.4, -0.2) is 49.3 Å². The monoisotopic (exact) mass is 365 g/mol. The van der Waals surface area contributed by atoms with Crippen LogP contribution in [0.4, 0.5) is 11.4 Å². The summed E-state index contributed by atoms with van der Waals surface area (Å²) in [7, 11) is 0. The molecule has 1 saturated heterocycles. The zero-order chi connectivity index (χ0) is 19.1. The van der Waals surface area contributed by atoms with E-state index in [1.54, 1.807) is 12.1 Å². The lowest BCUT2D eigenvalue weighted by Gasteiger charge is -2.36. The molecule has 27 heavy (non-hydrogen) atoms. The summed E-state index contributed by atoms with van der Waals surface area (Å²) in [5, 5.41) is 2.74. The first-order valence-electron chi connectivity index (χ1n) is 9.55. The number of piperazine rings is 1. The van der Waals surface area contributed by atoms with Gasteiger partial charge in [0, 0.05) is 50.8 Å². The molecule has 5 nitrogen and oxygen atoms in total. The predicted molar refractivity (Wildman–Crippen MR) is 109 cm³/mol. The number of amides is 1. The number of ketones is 1. The summed E-state index contributed by atoms with van der Waals surface area (Å²) in [4.78, 5) is 28.7. The molecule has 2 aromatic carbocycles. The van der Waals surface area contributed by atoms with Crippen LogP contribution in [0.15, 0.2) is 54.6 Å². The maximum Gasteiger partial charge on any atom is 0.221 e. The number of carbonyl (C=O) groups is 2. The van der Waals surface area contributed by atoms with Crippen molar-refractivity contribution in [3.63, 3.8) is 0 Å². The highest BCUT2D eigenvalue weighted by Crippen LogP contribution is 2.19. The van der Waals surface area contributed by atoms with Crippen LogP contribution in [-0.2, 0) is 4.79 Å². The lowest BCUT2D eigenvalue weighted by Crippen LogP contribution is -2.46. The second kappa shape index (κ2) is 9.33. The molecule has 0 aliphatic carbocycles. The van der Waals surface area contributed by atoms with Crippen molar-refractivity contribution in [1.82, 2.24) is 4.90 Å². The van der Waals surface area contributed by atoms with Crippen molar-refractivity contribution in [2.45, 2.75) is 19.8 Å². The Morgan fingerprint density at radius 1 is 0.926 bits per heavy atom. The number of rotatable bonds is 7. The first-order chi connectivity index (χ1) is 13.1. The quantitative estimate of drug-likeness (QED) is 0.764. The molecule has 1 aliphatic heterocycles. The Balaban J connectivity index is 1.44. The number of anilines is 2. The van der Waals surface area contributed by atoms with Gasteiger partial charge in [0.25, 0.3) is 0 Å². The third kappa shape index (κ3) is 5.41. The highest BCUT2D eigenvalue weighted by atomic mass is 16.1. The highest BCUT2D eigenvalue weighted by Gasteiger charge is 2.17. The van der Waals surface area contributed by atoms with Gasteiger partial charge in [0.05, 0.1) is 5.69 Å². The molecule has 1 aliphatic rings. The number of hydrogen-bond donors (Lipinski definition) is 1. The Morgan fingerprint density at radius 2 is 1.59 bits per heavy atom. The third-order valence-electron chi connectivity index (χ3n) is 4.91. The highest BCUT2D eigenvalue weighted by molar-refractivity contribution is 6.04. The van der Waals surface area contributed by atoms with E-state index in [9.17, 15) is 9.59 Å². The van der Waals surface area contributed by atoms with E-state index in [0.29, 0.717) is 17.7 Å². The van der Waals surface area contributed by atoms with Crippen LogP contribution >= 0.6 is 0 Å². The van der Waals surface area contributed by atoms with Crippen LogP contribution in [0.2, 0.25) is 0 Å². The Hall–Kier alpha value is -2.66. The largest absolute Gasteiger partial charge is 0.369 e. The van der Waals surface area contributed by atoms with Crippen LogP contribution in [0.5, 0.6) is 0 Å². The van der Waals surface area contributed by atoms with E-state index in [4.69, 9.17) is 0 Å². The topological polar surface area (TPSA) is 52.7 Å². The average Bonchev–Trinajstić information content (AvgIpc) is 2.69. The maximum absolute atomic E-state index is 12.5. The fraction of sp³-hybridized carbons (Fsp3) is 0.364. The van der Waals surface area contributed by atoms with Crippen molar-refractivity contribution in [3.05, 3.63) is 60.2 Å². The Labute approximate surface area is 161 Å². The van der Waals surface area contributed by atoms with Gasteiger partial charge in [-0.15, -0.1) is 0 Å². The molecule has 1 amide bonds. The molecule has 0 unspecified atom stereocenters. The fourth-order valence-electron chi connectivity index (χ4n) is 3.49.